The fourth-order valence-electron chi connectivity index (χ4n) is 2.46. The van der Waals surface area contributed by atoms with E-state index in [1.165, 1.54) is 30.1 Å². The predicted octanol–water partition coefficient (Wildman–Crippen LogP) is 3.88. The third kappa shape index (κ3) is 3.80. The predicted molar refractivity (Wildman–Crippen MR) is 89.8 cm³/mol. The molecule has 0 spiro atoms. The second-order valence-corrected chi connectivity index (χ2v) is 6.09. The van der Waals surface area contributed by atoms with Crippen molar-refractivity contribution < 1.29 is 22.4 Å². The molecular weight excluding hydrogens is 390 g/mol. The number of aryl methyl sites for hydroxylation is 2. The van der Waals surface area contributed by atoms with Gasteiger partial charge in [-0.25, -0.2) is 4.39 Å². The molecule has 0 unspecified atom stereocenters. The minimum atomic E-state index is -4.64. The summed E-state index contributed by atoms with van der Waals surface area (Å²) < 4.78 is 55.0. The maximum atomic E-state index is 14.4. The van der Waals surface area contributed by atoms with Crippen LogP contribution in [0.15, 0.2) is 30.5 Å². The number of nitrogens with zero attached hydrogens (tertiary/aromatic N) is 4. The molecule has 142 valence electrons. The van der Waals surface area contributed by atoms with Gasteiger partial charge in [-0.2, -0.15) is 23.4 Å². The van der Waals surface area contributed by atoms with Gasteiger partial charge in [-0.1, -0.05) is 11.6 Å². The minimum absolute atomic E-state index is 0.0369. The van der Waals surface area contributed by atoms with E-state index in [4.69, 9.17) is 11.6 Å². The van der Waals surface area contributed by atoms with E-state index in [9.17, 15) is 22.4 Å². The van der Waals surface area contributed by atoms with Crippen molar-refractivity contribution in [2.24, 2.45) is 14.1 Å². The average molecular weight is 402 g/mol. The fourth-order valence-corrected chi connectivity index (χ4v) is 2.73. The molecule has 1 amide bonds. The SMILES string of the molecule is Cn1cc(Cl)c(C(=O)Nc2ccc(-c3cc(C(F)(F)F)nn3C)c(F)c2)n1. The van der Waals surface area contributed by atoms with Gasteiger partial charge >= 0.3 is 6.18 Å². The molecule has 0 aliphatic heterocycles. The van der Waals surface area contributed by atoms with Gasteiger partial charge in [0.2, 0.25) is 0 Å². The van der Waals surface area contributed by atoms with E-state index in [1.807, 2.05) is 0 Å². The van der Waals surface area contributed by atoms with Crippen LogP contribution in [0.25, 0.3) is 11.3 Å². The van der Waals surface area contributed by atoms with Gasteiger partial charge < -0.3 is 5.32 Å². The Labute approximate surface area is 155 Å². The summed E-state index contributed by atoms with van der Waals surface area (Å²) in [6, 6.07) is 4.35. The van der Waals surface area contributed by atoms with Gasteiger partial charge in [-0.3, -0.25) is 14.2 Å². The van der Waals surface area contributed by atoms with Crippen LogP contribution in [0.4, 0.5) is 23.2 Å². The lowest BCUT2D eigenvalue weighted by atomic mass is 10.1. The number of nitrogens with one attached hydrogen (secondary N) is 1. The molecule has 1 aromatic carbocycles. The quantitative estimate of drug-likeness (QED) is 0.677. The zero-order valence-electron chi connectivity index (χ0n) is 14.0. The van der Waals surface area contributed by atoms with Crippen molar-refractivity contribution in [2.45, 2.75) is 6.18 Å². The van der Waals surface area contributed by atoms with Crippen molar-refractivity contribution in [3.63, 3.8) is 0 Å². The molecule has 0 radical (unpaired) electrons. The first-order chi connectivity index (χ1) is 12.6. The van der Waals surface area contributed by atoms with Crippen LogP contribution in [-0.2, 0) is 20.3 Å². The topological polar surface area (TPSA) is 64.7 Å². The Bertz CT molecular complexity index is 1020. The molecule has 0 saturated heterocycles. The summed E-state index contributed by atoms with van der Waals surface area (Å²) in [7, 11) is 2.86. The Morgan fingerprint density at radius 3 is 2.41 bits per heavy atom. The summed E-state index contributed by atoms with van der Waals surface area (Å²) in [4.78, 5) is 12.1. The van der Waals surface area contributed by atoms with Gasteiger partial charge in [0, 0.05) is 31.5 Å². The van der Waals surface area contributed by atoms with Crippen molar-refractivity contribution in [2.75, 3.05) is 5.32 Å². The number of halogens is 5. The average Bonchev–Trinajstić information content (AvgIpc) is 3.09. The summed E-state index contributed by atoms with van der Waals surface area (Å²) in [5.74, 6) is -1.47. The lowest BCUT2D eigenvalue weighted by Crippen LogP contribution is -2.13. The van der Waals surface area contributed by atoms with Crippen LogP contribution >= 0.6 is 11.6 Å². The van der Waals surface area contributed by atoms with E-state index < -0.39 is 23.6 Å². The maximum absolute atomic E-state index is 14.4. The highest BCUT2D eigenvalue weighted by Gasteiger charge is 2.35. The van der Waals surface area contributed by atoms with Gasteiger partial charge in [0.1, 0.15) is 5.82 Å². The number of alkyl halides is 3. The minimum Gasteiger partial charge on any atom is -0.320 e. The number of rotatable bonds is 3. The molecule has 11 heteroatoms. The number of benzene rings is 1. The third-order valence-corrected chi connectivity index (χ3v) is 3.95. The highest BCUT2D eigenvalue weighted by molar-refractivity contribution is 6.34. The Balaban J connectivity index is 1.87. The first-order valence-corrected chi connectivity index (χ1v) is 7.85. The summed E-state index contributed by atoms with van der Waals surface area (Å²) >= 11 is 5.88. The van der Waals surface area contributed by atoms with Crippen molar-refractivity contribution >= 4 is 23.2 Å². The van der Waals surface area contributed by atoms with Gasteiger partial charge in [0.05, 0.1) is 10.7 Å². The van der Waals surface area contributed by atoms with Gasteiger partial charge in [0.15, 0.2) is 11.4 Å². The standard InChI is InChI=1S/C16H12ClF4N5O/c1-25-7-10(17)14(24-25)15(27)22-8-3-4-9(11(18)5-8)12-6-13(16(19,20)21)23-26(12)2/h3-7H,1-2H3,(H,22,27). The molecule has 2 aromatic heterocycles. The Morgan fingerprint density at radius 2 is 1.89 bits per heavy atom. The van der Waals surface area contributed by atoms with Crippen molar-refractivity contribution in [1.29, 1.82) is 0 Å². The molecule has 0 fully saturated rings. The lowest BCUT2D eigenvalue weighted by Gasteiger charge is -2.08. The van der Waals surface area contributed by atoms with Crippen molar-refractivity contribution in [3.8, 4) is 11.3 Å². The highest BCUT2D eigenvalue weighted by Crippen LogP contribution is 2.33. The second kappa shape index (κ2) is 6.69. The Hall–Kier alpha value is -2.88. The molecule has 3 aromatic rings. The first kappa shape index (κ1) is 18.9. The summed E-state index contributed by atoms with van der Waals surface area (Å²) in [6.07, 6.45) is -3.21. The lowest BCUT2D eigenvalue weighted by molar-refractivity contribution is -0.141. The second-order valence-electron chi connectivity index (χ2n) is 5.68. The highest BCUT2D eigenvalue weighted by atomic mass is 35.5. The van der Waals surface area contributed by atoms with Crippen molar-refractivity contribution in [1.82, 2.24) is 19.6 Å². The smallest absolute Gasteiger partial charge is 0.320 e. The van der Waals surface area contributed by atoms with E-state index in [0.717, 1.165) is 16.8 Å². The molecule has 0 aliphatic rings. The molecule has 0 saturated carbocycles. The molecular formula is C16H12ClF4N5O. The van der Waals surface area contributed by atoms with Gasteiger partial charge in [-0.15, -0.1) is 0 Å². The zero-order chi connectivity index (χ0) is 19.9. The van der Waals surface area contributed by atoms with Gasteiger partial charge in [-0.05, 0) is 24.3 Å². The number of carbonyl (C=O) groups excluding carboxylic acids is 1. The number of hydrogen-bond acceptors (Lipinski definition) is 3. The molecule has 27 heavy (non-hydrogen) atoms. The Kier molecular flexibility index (Phi) is 4.68. The van der Waals surface area contributed by atoms with E-state index in [0.29, 0.717) is 0 Å². The number of amides is 1. The molecule has 6 nitrogen and oxygen atoms in total. The van der Waals surface area contributed by atoms with Crippen LogP contribution in [0.3, 0.4) is 0 Å². The van der Waals surface area contributed by atoms with E-state index in [1.54, 1.807) is 7.05 Å². The van der Waals surface area contributed by atoms with E-state index >= 15 is 0 Å². The fraction of sp³-hybridized carbons (Fsp3) is 0.188. The number of anilines is 1. The molecule has 0 atom stereocenters. The van der Waals surface area contributed by atoms with Crippen LogP contribution in [-0.4, -0.2) is 25.5 Å². The van der Waals surface area contributed by atoms with Crippen LogP contribution in [0.2, 0.25) is 5.02 Å². The summed E-state index contributed by atoms with van der Waals surface area (Å²) in [5, 5.41) is 9.80. The zero-order valence-corrected chi connectivity index (χ0v) is 14.7. The van der Waals surface area contributed by atoms with E-state index in [2.05, 4.69) is 15.5 Å². The van der Waals surface area contributed by atoms with Crippen LogP contribution in [0.1, 0.15) is 16.2 Å². The Morgan fingerprint density at radius 1 is 1.19 bits per heavy atom. The maximum Gasteiger partial charge on any atom is 0.435 e. The van der Waals surface area contributed by atoms with Crippen LogP contribution in [0.5, 0.6) is 0 Å². The summed E-state index contributed by atoms with van der Waals surface area (Å²) in [5.41, 5.74) is -1.20. The molecule has 0 aliphatic carbocycles. The molecule has 3 rings (SSSR count). The molecule has 1 N–H and O–H groups in total. The number of carbonyl (C=O) groups is 1. The van der Waals surface area contributed by atoms with Crippen LogP contribution in [0, 0.1) is 5.82 Å². The first-order valence-electron chi connectivity index (χ1n) is 7.48. The van der Waals surface area contributed by atoms with Crippen LogP contribution < -0.4 is 5.32 Å². The van der Waals surface area contributed by atoms with Gasteiger partial charge in [0.25, 0.3) is 5.91 Å². The summed E-state index contributed by atoms with van der Waals surface area (Å²) in [6.45, 7) is 0. The van der Waals surface area contributed by atoms with E-state index in [-0.39, 0.29) is 27.7 Å². The third-order valence-electron chi connectivity index (χ3n) is 3.67. The largest absolute Gasteiger partial charge is 0.435 e. The number of hydrogen-bond donors (Lipinski definition) is 1. The molecule has 0 bridgehead atoms. The normalized spacial score (nSPS) is 11.7. The molecule has 2 heterocycles. The number of aromatic nitrogens is 4. The monoisotopic (exact) mass is 401 g/mol. The van der Waals surface area contributed by atoms with Crippen molar-refractivity contribution in [3.05, 3.63) is 52.7 Å².